The number of hydrogen-bond donors (Lipinski definition) is 1. The molecule has 0 fully saturated rings. The Balaban J connectivity index is 1.84. The number of anilines is 1. The number of sulfonamides is 1. The van der Waals surface area contributed by atoms with Crippen molar-refractivity contribution in [3.05, 3.63) is 58.1 Å². The molecule has 2 rings (SSSR count). The molecule has 0 heterocycles. The second kappa shape index (κ2) is 12.4. The molecular weight excluding hydrogens is 479 g/mol. The van der Waals surface area contributed by atoms with Crippen molar-refractivity contribution in [1.82, 2.24) is 5.32 Å². The monoisotopic (exact) mass is 504 g/mol. The number of carbonyl (C=O) groups is 1. The summed E-state index contributed by atoms with van der Waals surface area (Å²) in [6, 6.07) is 12.0. The van der Waals surface area contributed by atoms with Gasteiger partial charge >= 0.3 is 0 Å². The van der Waals surface area contributed by atoms with E-state index in [0.29, 0.717) is 46.1 Å². The standard InChI is InChI=1S/C21H26Cl2N2O4S2/c1-3-11-29-19-8-6-18(7-9-19)25(31(2,27)28)14-21(26)24-10-12-30-15-16-4-5-17(22)13-20(16)23/h4-9,13H,3,10-12,14-15H2,1-2H3,(H,24,26). The number of benzene rings is 2. The van der Waals surface area contributed by atoms with Crippen LogP contribution in [0.2, 0.25) is 10.0 Å². The highest BCUT2D eigenvalue weighted by atomic mass is 35.5. The van der Waals surface area contributed by atoms with Crippen LogP contribution in [0.4, 0.5) is 5.69 Å². The van der Waals surface area contributed by atoms with Gasteiger partial charge in [0.25, 0.3) is 0 Å². The van der Waals surface area contributed by atoms with Gasteiger partial charge in [-0.05, 0) is 48.4 Å². The van der Waals surface area contributed by atoms with Crippen LogP contribution in [0.1, 0.15) is 18.9 Å². The van der Waals surface area contributed by atoms with Gasteiger partial charge in [0.15, 0.2) is 0 Å². The molecule has 10 heteroatoms. The van der Waals surface area contributed by atoms with Crippen molar-refractivity contribution in [2.24, 2.45) is 0 Å². The van der Waals surface area contributed by atoms with E-state index >= 15 is 0 Å². The Bertz CT molecular complexity index is 970. The number of nitrogens with one attached hydrogen (secondary N) is 1. The number of rotatable bonds is 12. The summed E-state index contributed by atoms with van der Waals surface area (Å²) in [5, 5.41) is 3.96. The summed E-state index contributed by atoms with van der Waals surface area (Å²) in [7, 11) is -3.62. The summed E-state index contributed by atoms with van der Waals surface area (Å²) in [5.74, 6) is 1.63. The van der Waals surface area contributed by atoms with E-state index in [-0.39, 0.29) is 12.5 Å². The van der Waals surface area contributed by atoms with Crippen LogP contribution in [0.25, 0.3) is 0 Å². The van der Waals surface area contributed by atoms with Gasteiger partial charge in [-0.2, -0.15) is 11.8 Å². The molecule has 0 atom stereocenters. The van der Waals surface area contributed by atoms with Crippen molar-refractivity contribution in [2.75, 3.05) is 36.0 Å². The number of thioether (sulfide) groups is 1. The molecule has 0 saturated carbocycles. The number of halogens is 2. The summed E-state index contributed by atoms with van der Waals surface area (Å²) in [6.07, 6.45) is 1.95. The second-order valence-corrected chi connectivity index (χ2v) is 10.6. The summed E-state index contributed by atoms with van der Waals surface area (Å²) in [6.45, 7) is 2.71. The molecule has 0 aliphatic rings. The van der Waals surface area contributed by atoms with Crippen molar-refractivity contribution in [3.8, 4) is 5.75 Å². The highest BCUT2D eigenvalue weighted by molar-refractivity contribution is 7.98. The number of nitrogens with zero attached hydrogens (tertiary/aromatic N) is 1. The van der Waals surface area contributed by atoms with Crippen molar-refractivity contribution in [3.63, 3.8) is 0 Å². The Morgan fingerprint density at radius 3 is 2.48 bits per heavy atom. The Morgan fingerprint density at radius 1 is 1.16 bits per heavy atom. The molecule has 0 radical (unpaired) electrons. The van der Waals surface area contributed by atoms with E-state index in [2.05, 4.69) is 5.32 Å². The average molecular weight is 505 g/mol. The first-order chi connectivity index (χ1) is 14.7. The molecule has 1 N–H and O–H groups in total. The largest absolute Gasteiger partial charge is 0.494 e. The highest BCUT2D eigenvalue weighted by Crippen LogP contribution is 2.24. The minimum Gasteiger partial charge on any atom is -0.494 e. The van der Waals surface area contributed by atoms with Crippen molar-refractivity contribution in [2.45, 2.75) is 19.1 Å². The molecule has 0 unspecified atom stereocenters. The maximum atomic E-state index is 12.3. The van der Waals surface area contributed by atoms with Crippen LogP contribution in [-0.4, -0.2) is 46.0 Å². The van der Waals surface area contributed by atoms with E-state index in [1.165, 1.54) is 0 Å². The molecule has 2 aromatic rings. The van der Waals surface area contributed by atoms with E-state index in [0.717, 1.165) is 22.5 Å². The van der Waals surface area contributed by atoms with E-state index < -0.39 is 10.0 Å². The molecule has 6 nitrogen and oxygen atoms in total. The maximum Gasteiger partial charge on any atom is 0.240 e. The molecule has 0 aliphatic carbocycles. The van der Waals surface area contributed by atoms with Crippen molar-refractivity contribution < 1.29 is 17.9 Å². The highest BCUT2D eigenvalue weighted by Gasteiger charge is 2.20. The van der Waals surface area contributed by atoms with Crippen LogP contribution in [0, 0.1) is 0 Å². The molecule has 0 aromatic heterocycles. The normalized spacial score (nSPS) is 11.2. The Hall–Kier alpha value is -1.61. The van der Waals surface area contributed by atoms with Gasteiger partial charge in [-0.25, -0.2) is 8.42 Å². The fraction of sp³-hybridized carbons (Fsp3) is 0.381. The minimum atomic E-state index is -3.62. The van der Waals surface area contributed by atoms with Gasteiger partial charge in [0.1, 0.15) is 12.3 Å². The summed E-state index contributed by atoms with van der Waals surface area (Å²) in [4.78, 5) is 12.3. The van der Waals surface area contributed by atoms with Crippen molar-refractivity contribution >= 4 is 56.6 Å². The van der Waals surface area contributed by atoms with Crippen molar-refractivity contribution in [1.29, 1.82) is 0 Å². The summed E-state index contributed by atoms with van der Waals surface area (Å²) < 4.78 is 31.0. The third-order valence-electron chi connectivity index (χ3n) is 4.13. The average Bonchev–Trinajstić information content (AvgIpc) is 2.71. The molecule has 0 bridgehead atoms. The first kappa shape index (κ1) is 25.6. The number of amides is 1. The number of hydrogen-bond acceptors (Lipinski definition) is 5. The van der Waals surface area contributed by atoms with Gasteiger partial charge in [-0.1, -0.05) is 36.2 Å². The van der Waals surface area contributed by atoms with Gasteiger partial charge in [-0.3, -0.25) is 9.10 Å². The lowest BCUT2D eigenvalue weighted by Crippen LogP contribution is -2.41. The smallest absolute Gasteiger partial charge is 0.240 e. The van der Waals surface area contributed by atoms with E-state index in [1.54, 1.807) is 48.2 Å². The van der Waals surface area contributed by atoms with Crippen LogP contribution >= 0.6 is 35.0 Å². The number of ether oxygens (including phenoxy) is 1. The van der Waals surface area contributed by atoms with Crippen LogP contribution in [0.5, 0.6) is 5.75 Å². The van der Waals surface area contributed by atoms with Gasteiger partial charge in [0, 0.05) is 28.1 Å². The fourth-order valence-electron chi connectivity index (χ4n) is 2.60. The predicted octanol–water partition coefficient (Wildman–Crippen LogP) is 4.60. The fourth-order valence-corrected chi connectivity index (χ4v) is 4.87. The lowest BCUT2D eigenvalue weighted by Gasteiger charge is -2.22. The molecule has 2 aromatic carbocycles. The predicted molar refractivity (Wildman–Crippen MR) is 130 cm³/mol. The zero-order chi connectivity index (χ0) is 22.9. The van der Waals surface area contributed by atoms with Crippen LogP contribution < -0.4 is 14.4 Å². The van der Waals surface area contributed by atoms with E-state index in [4.69, 9.17) is 27.9 Å². The molecule has 1 amide bonds. The van der Waals surface area contributed by atoms with Gasteiger partial charge in [-0.15, -0.1) is 0 Å². The molecule has 170 valence electrons. The lowest BCUT2D eigenvalue weighted by atomic mass is 10.2. The molecule has 0 saturated heterocycles. The molecule has 0 spiro atoms. The Labute approximate surface area is 198 Å². The van der Waals surface area contributed by atoms with Gasteiger partial charge in [0.2, 0.25) is 15.9 Å². The molecular formula is C21H26Cl2N2O4S2. The first-order valence-electron chi connectivity index (χ1n) is 9.69. The molecule has 31 heavy (non-hydrogen) atoms. The number of carbonyl (C=O) groups excluding carboxylic acids is 1. The van der Waals surface area contributed by atoms with E-state index in [1.807, 2.05) is 13.0 Å². The Kier molecular flexibility index (Phi) is 10.3. The van der Waals surface area contributed by atoms with E-state index in [9.17, 15) is 13.2 Å². The molecule has 0 aliphatic heterocycles. The second-order valence-electron chi connectivity index (χ2n) is 6.75. The SMILES string of the molecule is CCCOc1ccc(N(CC(=O)NCCSCc2ccc(Cl)cc2Cl)S(C)(=O)=O)cc1. The summed E-state index contributed by atoms with van der Waals surface area (Å²) in [5.41, 5.74) is 1.38. The third-order valence-corrected chi connectivity index (χ3v) is 6.86. The Morgan fingerprint density at radius 2 is 1.87 bits per heavy atom. The van der Waals surface area contributed by atoms with Gasteiger partial charge in [0.05, 0.1) is 18.6 Å². The third kappa shape index (κ3) is 8.80. The zero-order valence-electron chi connectivity index (χ0n) is 17.4. The van der Waals surface area contributed by atoms with Crippen LogP contribution in [-0.2, 0) is 20.6 Å². The quantitative estimate of drug-likeness (QED) is 0.427. The maximum absolute atomic E-state index is 12.3. The summed E-state index contributed by atoms with van der Waals surface area (Å²) >= 11 is 13.6. The van der Waals surface area contributed by atoms with Crippen LogP contribution in [0.15, 0.2) is 42.5 Å². The topological polar surface area (TPSA) is 75.7 Å². The van der Waals surface area contributed by atoms with Crippen LogP contribution in [0.3, 0.4) is 0 Å². The first-order valence-corrected chi connectivity index (χ1v) is 13.5. The van der Waals surface area contributed by atoms with Gasteiger partial charge < -0.3 is 10.1 Å². The zero-order valence-corrected chi connectivity index (χ0v) is 20.6. The minimum absolute atomic E-state index is 0.290. The lowest BCUT2D eigenvalue weighted by molar-refractivity contribution is -0.119.